The summed E-state index contributed by atoms with van der Waals surface area (Å²) in [4.78, 5) is 2.42. The van der Waals surface area contributed by atoms with Crippen LogP contribution in [-0.4, -0.2) is 41.8 Å². The van der Waals surface area contributed by atoms with E-state index in [1.807, 2.05) is 6.07 Å². The molecule has 2 fully saturated rings. The molecule has 3 rings (SSSR count). The molecule has 1 aromatic carbocycles. The van der Waals surface area contributed by atoms with E-state index in [4.69, 9.17) is 0 Å². The van der Waals surface area contributed by atoms with E-state index in [1.165, 1.54) is 6.07 Å². The first kappa shape index (κ1) is 11.9. The van der Waals surface area contributed by atoms with Gasteiger partial charge in [0.1, 0.15) is 5.82 Å². The van der Waals surface area contributed by atoms with Crippen LogP contribution in [0, 0.1) is 11.7 Å². The zero-order chi connectivity index (χ0) is 12.6. The maximum Gasteiger partial charge on any atom is 0.146 e. The van der Waals surface area contributed by atoms with E-state index in [0.717, 1.165) is 32.5 Å². The standard InChI is InChI=1S/C14H19FN2O/c15-12-3-1-2-4-13(12)16-14(10-18)6-8-17-7-5-11(14)9-17/h1-4,11,16,18H,5-10H2. The van der Waals surface area contributed by atoms with Crippen LogP contribution in [-0.2, 0) is 0 Å². The third-order valence-corrected chi connectivity index (χ3v) is 4.47. The van der Waals surface area contributed by atoms with E-state index < -0.39 is 0 Å². The predicted octanol–water partition coefficient (Wildman–Crippen LogP) is 1.69. The zero-order valence-corrected chi connectivity index (χ0v) is 10.4. The van der Waals surface area contributed by atoms with Gasteiger partial charge in [0.15, 0.2) is 0 Å². The molecule has 2 heterocycles. The minimum absolute atomic E-state index is 0.0693. The lowest BCUT2D eigenvalue weighted by molar-refractivity contribution is 0.112. The minimum Gasteiger partial charge on any atom is -0.394 e. The Morgan fingerprint density at radius 3 is 3.00 bits per heavy atom. The van der Waals surface area contributed by atoms with Gasteiger partial charge in [-0.15, -0.1) is 0 Å². The van der Waals surface area contributed by atoms with Crippen LogP contribution in [0.1, 0.15) is 12.8 Å². The summed E-state index contributed by atoms with van der Waals surface area (Å²) in [6.45, 7) is 3.17. The van der Waals surface area contributed by atoms with Crippen LogP contribution in [0.2, 0.25) is 0 Å². The van der Waals surface area contributed by atoms with Gasteiger partial charge in [-0.2, -0.15) is 0 Å². The number of hydrogen-bond acceptors (Lipinski definition) is 3. The summed E-state index contributed by atoms with van der Waals surface area (Å²) >= 11 is 0. The van der Waals surface area contributed by atoms with Crippen molar-refractivity contribution in [2.24, 2.45) is 5.92 Å². The van der Waals surface area contributed by atoms with Crippen LogP contribution in [0.5, 0.6) is 0 Å². The van der Waals surface area contributed by atoms with Crippen molar-refractivity contribution in [3.05, 3.63) is 30.1 Å². The third kappa shape index (κ3) is 1.89. The monoisotopic (exact) mass is 250 g/mol. The highest BCUT2D eigenvalue weighted by Gasteiger charge is 2.46. The van der Waals surface area contributed by atoms with Crippen molar-refractivity contribution >= 4 is 5.69 Å². The number of hydrogen-bond donors (Lipinski definition) is 2. The Balaban J connectivity index is 1.86. The summed E-state index contributed by atoms with van der Waals surface area (Å²) < 4.78 is 13.7. The van der Waals surface area contributed by atoms with Crippen LogP contribution in [0.25, 0.3) is 0 Å². The molecule has 2 bridgehead atoms. The molecule has 4 heteroatoms. The van der Waals surface area contributed by atoms with Gasteiger partial charge in [0.2, 0.25) is 0 Å². The van der Waals surface area contributed by atoms with Crippen LogP contribution in [0.3, 0.4) is 0 Å². The Kier molecular flexibility index (Phi) is 2.99. The second-order valence-corrected chi connectivity index (χ2v) is 5.46. The van der Waals surface area contributed by atoms with E-state index >= 15 is 0 Å². The Hall–Kier alpha value is -1.13. The summed E-state index contributed by atoms with van der Waals surface area (Å²) in [5, 5.41) is 13.1. The lowest BCUT2D eigenvalue weighted by Gasteiger charge is -2.43. The second kappa shape index (κ2) is 4.52. The van der Waals surface area contributed by atoms with Crippen LogP contribution in [0.15, 0.2) is 24.3 Å². The first-order valence-electron chi connectivity index (χ1n) is 6.59. The molecular weight excluding hydrogens is 231 g/mol. The summed E-state index contributed by atoms with van der Waals surface area (Å²) in [5.74, 6) is 0.168. The number of fused-ring (bicyclic) bond motifs is 2. The minimum atomic E-state index is -0.352. The van der Waals surface area contributed by atoms with Gasteiger partial charge < -0.3 is 15.3 Å². The van der Waals surface area contributed by atoms with Crippen LogP contribution in [0.4, 0.5) is 10.1 Å². The highest BCUT2D eigenvalue weighted by molar-refractivity contribution is 5.47. The van der Waals surface area contributed by atoms with E-state index in [9.17, 15) is 9.50 Å². The zero-order valence-electron chi connectivity index (χ0n) is 10.4. The summed E-state index contributed by atoms with van der Waals surface area (Å²) in [6, 6.07) is 6.70. The molecule has 1 aromatic rings. The summed E-state index contributed by atoms with van der Waals surface area (Å²) in [6.07, 6.45) is 1.96. The molecule has 2 N–H and O–H groups in total. The van der Waals surface area contributed by atoms with Crippen molar-refractivity contribution in [2.45, 2.75) is 18.4 Å². The van der Waals surface area contributed by atoms with Crippen molar-refractivity contribution in [2.75, 3.05) is 31.6 Å². The number of piperidine rings is 1. The number of benzene rings is 1. The van der Waals surface area contributed by atoms with Gasteiger partial charge >= 0.3 is 0 Å². The molecule has 3 atom stereocenters. The number of nitrogens with zero attached hydrogens (tertiary/aromatic N) is 1. The topological polar surface area (TPSA) is 35.5 Å². The van der Waals surface area contributed by atoms with Gasteiger partial charge in [-0.05, 0) is 37.4 Å². The van der Waals surface area contributed by atoms with Crippen molar-refractivity contribution < 1.29 is 9.50 Å². The van der Waals surface area contributed by atoms with Gasteiger partial charge in [-0.3, -0.25) is 0 Å². The number of nitrogens with one attached hydrogen (secondary N) is 1. The normalized spacial score (nSPS) is 34.6. The number of halogens is 1. The van der Waals surface area contributed by atoms with Crippen LogP contribution < -0.4 is 5.32 Å². The number of anilines is 1. The lowest BCUT2D eigenvalue weighted by atomic mass is 9.79. The molecule has 3 nitrogen and oxygen atoms in total. The van der Waals surface area contributed by atoms with Gasteiger partial charge in [0.25, 0.3) is 0 Å². The molecule has 0 amide bonds. The summed E-state index contributed by atoms with van der Waals surface area (Å²) in [5.41, 5.74) is 0.154. The van der Waals surface area contributed by atoms with Crippen molar-refractivity contribution in [1.29, 1.82) is 0 Å². The lowest BCUT2D eigenvalue weighted by Crippen LogP contribution is -2.54. The SMILES string of the molecule is OCC1(Nc2ccccc2F)CCN2CCC1C2. The maximum absolute atomic E-state index is 13.7. The molecule has 3 unspecified atom stereocenters. The maximum atomic E-state index is 13.7. The molecule has 0 saturated carbocycles. The smallest absolute Gasteiger partial charge is 0.146 e. The van der Waals surface area contributed by atoms with Gasteiger partial charge in [-0.1, -0.05) is 12.1 Å². The first-order valence-corrected chi connectivity index (χ1v) is 6.59. The molecule has 2 saturated heterocycles. The molecule has 2 aliphatic heterocycles. The van der Waals surface area contributed by atoms with Crippen molar-refractivity contribution in [1.82, 2.24) is 4.90 Å². The number of aliphatic hydroxyl groups excluding tert-OH is 1. The average Bonchev–Trinajstić information content (AvgIpc) is 2.80. The molecule has 0 spiro atoms. The molecule has 0 radical (unpaired) electrons. The van der Waals surface area contributed by atoms with Gasteiger partial charge in [0, 0.05) is 13.1 Å². The molecular formula is C14H19FN2O. The quantitative estimate of drug-likeness (QED) is 0.857. The fourth-order valence-electron chi connectivity index (χ4n) is 3.29. The predicted molar refractivity (Wildman–Crippen MR) is 69.0 cm³/mol. The van der Waals surface area contributed by atoms with E-state index in [-0.39, 0.29) is 18.0 Å². The Morgan fingerprint density at radius 2 is 2.22 bits per heavy atom. The van der Waals surface area contributed by atoms with Gasteiger partial charge in [-0.25, -0.2) is 4.39 Å². The molecule has 0 aliphatic carbocycles. The molecule has 18 heavy (non-hydrogen) atoms. The fraction of sp³-hybridized carbons (Fsp3) is 0.571. The van der Waals surface area contributed by atoms with E-state index in [0.29, 0.717) is 11.6 Å². The number of rotatable bonds is 3. The average molecular weight is 250 g/mol. The Labute approximate surface area is 107 Å². The Morgan fingerprint density at radius 1 is 1.39 bits per heavy atom. The largest absolute Gasteiger partial charge is 0.394 e. The second-order valence-electron chi connectivity index (χ2n) is 5.46. The van der Waals surface area contributed by atoms with E-state index in [2.05, 4.69) is 10.2 Å². The number of para-hydroxylation sites is 1. The molecule has 2 aliphatic rings. The fourth-order valence-corrected chi connectivity index (χ4v) is 3.29. The van der Waals surface area contributed by atoms with Gasteiger partial charge in [0.05, 0.1) is 17.8 Å². The number of aliphatic hydroxyl groups is 1. The van der Waals surface area contributed by atoms with E-state index in [1.54, 1.807) is 12.1 Å². The highest BCUT2D eigenvalue weighted by Crippen LogP contribution is 2.38. The summed E-state index contributed by atoms with van der Waals surface area (Å²) in [7, 11) is 0. The first-order chi connectivity index (χ1) is 8.73. The van der Waals surface area contributed by atoms with Crippen molar-refractivity contribution in [3.8, 4) is 0 Å². The third-order valence-electron chi connectivity index (χ3n) is 4.47. The Bertz CT molecular complexity index is 440. The molecule has 0 aromatic heterocycles. The highest BCUT2D eigenvalue weighted by atomic mass is 19.1. The molecule has 98 valence electrons. The van der Waals surface area contributed by atoms with Crippen molar-refractivity contribution in [3.63, 3.8) is 0 Å². The van der Waals surface area contributed by atoms with Crippen LogP contribution >= 0.6 is 0 Å².